The Morgan fingerprint density at radius 2 is 1.58 bits per heavy atom. The first-order valence-corrected chi connectivity index (χ1v) is 9.88. The zero-order chi connectivity index (χ0) is 21.2. The summed E-state index contributed by atoms with van der Waals surface area (Å²) in [4.78, 5) is 4.63. The van der Waals surface area contributed by atoms with Crippen molar-refractivity contribution in [3.05, 3.63) is 72.4 Å². The minimum absolute atomic E-state index is 0.226. The van der Waals surface area contributed by atoms with Crippen molar-refractivity contribution in [3.8, 4) is 40.0 Å². The lowest BCUT2D eigenvalue weighted by Gasteiger charge is -2.17. The highest BCUT2D eigenvalue weighted by Gasteiger charge is 2.20. The van der Waals surface area contributed by atoms with Crippen LogP contribution in [-0.2, 0) is 6.61 Å². The van der Waals surface area contributed by atoms with Gasteiger partial charge in [-0.15, -0.1) is 0 Å². The highest BCUT2D eigenvalue weighted by Crippen LogP contribution is 2.44. The summed E-state index contributed by atoms with van der Waals surface area (Å²) < 4.78 is 28.4. The average Bonchev–Trinajstić information content (AvgIpc) is 3.28. The fraction of sp³-hybridized carbons (Fsp3) is 0.160. The molecule has 4 aromatic rings. The Balaban J connectivity index is 1.57. The molecule has 1 aliphatic heterocycles. The van der Waals surface area contributed by atoms with E-state index in [0.29, 0.717) is 29.6 Å². The minimum atomic E-state index is 0.226. The van der Waals surface area contributed by atoms with E-state index in [2.05, 4.69) is 4.98 Å². The summed E-state index contributed by atoms with van der Waals surface area (Å²) in [6.45, 7) is 0.631. The van der Waals surface area contributed by atoms with Crippen molar-refractivity contribution in [1.29, 1.82) is 0 Å². The molecule has 2 heterocycles. The molecular weight excluding hydrogens is 394 g/mol. The van der Waals surface area contributed by atoms with Gasteiger partial charge < -0.3 is 23.7 Å². The number of hydrogen-bond acceptors (Lipinski definition) is 6. The van der Waals surface area contributed by atoms with Gasteiger partial charge in [-0.05, 0) is 41.3 Å². The number of ether oxygens (including phenoxy) is 5. The van der Waals surface area contributed by atoms with Crippen molar-refractivity contribution in [2.75, 3.05) is 21.0 Å². The normalized spacial score (nSPS) is 12.1. The average molecular weight is 415 g/mol. The minimum Gasteiger partial charge on any atom is -0.493 e. The number of aromatic nitrogens is 1. The van der Waals surface area contributed by atoms with Crippen LogP contribution in [0.3, 0.4) is 0 Å². The predicted molar refractivity (Wildman–Crippen MR) is 117 cm³/mol. The zero-order valence-corrected chi connectivity index (χ0v) is 17.3. The van der Waals surface area contributed by atoms with E-state index in [1.165, 1.54) is 0 Å². The second-order valence-electron chi connectivity index (χ2n) is 7.07. The van der Waals surface area contributed by atoms with Crippen LogP contribution in [0.15, 0.2) is 66.9 Å². The van der Waals surface area contributed by atoms with Gasteiger partial charge in [0.15, 0.2) is 23.0 Å². The van der Waals surface area contributed by atoms with Crippen LogP contribution in [0.5, 0.6) is 28.7 Å². The molecule has 1 aliphatic rings. The number of fused-ring (bicyclic) bond motifs is 2. The lowest BCUT2D eigenvalue weighted by molar-refractivity contribution is 0.174. The summed E-state index contributed by atoms with van der Waals surface area (Å²) in [6, 6.07) is 19.7. The Morgan fingerprint density at radius 3 is 2.29 bits per heavy atom. The number of hydrogen-bond donors (Lipinski definition) is 0. The first kappa shape index (κ1) is 19.1. The molecule has 0 saturated carbocycles. The van der Waals surface area contributed by atoms with Crippen molar-refractivity contribution in [3.63, 3.8) is 0 Å². The van der Waals surface area contributed by atoms with Gasteiger partial charge >= 0.3 is 0 Å². The Kier molecular flexibility index (Phi) is 4.96. The molecule has 0 bridgehead atoms. The second-order valence-corrected chi connectivity index (χ2v) is 7.07. The summed E-state index contributed by atoms with van der Waals surface area (Å²) >= 11 is 0. The molecule has 0 unspecified atom stereocenters. The molecule has 0 saturated heterocycles. The van der Waals surface area contributed by atoms with Gasteiger partial charge in [0.2, 0.25) is 12.5 Å². The van der Waals surface area contributed by atoms with E-state index in [0.717, 1.165) is 33.3 Å². The van der Waals surface area contributed by atoms with Crippen molar-refractivity contribution in [1.82, 2.24) is 4.98 Å². The van der Waals surface area contributed by atoms with Crippen molar-refractivity contribution in [2.45, 2.75) is 6.61 Å². The Hall–Kier alpha value is -3.93. The van der Waals surface area contributed by atoms with Gasteiger partial charge in [-0.25, -0.2) is 0 Å². The van der Waals surface area contributed by atoms with Gasteiger partial charge in [-0.1, -0.05) is 30.3 Å². The van der Waals surface area contributed by atoms with Gasteiger partial charge in [-0.3, -0.25) is 4.98 Å². The van der Waals surface area contributed by atoms with Crippen molar-refractivity contribution < 1.29 is 23.7 Å². The monoisotopic (exact) mass is 415 g/mol. The Morgan fingerprint density at radius 1 is 0.871 bits per heavy atom. The highest BCUT2D eigenvalue weighted by atomic mass is 16.7. The van der Waals surface area contributed by atoms with E-state index in [1.54, 1.807) is 20.4 Å². The standard InChI is InChI=1S/C25H21NO5/c1-27-22-11-18(12-23(28-2)25(22)29-14-16-6-4-3-5-7-16)24-19-13-21-20(30-15-31-21)10-17(19)8-9-26-24/h3-13H,14-15H2,1-2H3. The largest absolute Gasteiger partial charge is 0.493 e. The maximum absolute atomic E-state index is 6.07. The third-order valence-corrected chi connectivity index (χ3v) is 5.22. The number of nitrogens with zero attached hydrogens (tertiary/aromatic N) is 1. The third-order valence-electron chi connectivity index (χ3n) is 5.22. The fourth-order valence-electron chi connectivity index (χ4n) is 3.68. The van der Waals surface area contributed by atoms with Crippen LogP contribution in [0.4, 0.5) is 0 Å². The SMILES string of the molecule is COc1cc(-c2nccc3cc4c(cc23)OCO4)cc(OC)c1OCc1ccccc1. The summed E-state index contributed by atoms with van der Waals surface area (Å²) in [5, 5.41) is 1.96. The van der Waals surface area contributed by atoms with E-state index in [1.807, 2.05) is 60.7 Å². The van der Waals surface area contributed by atoms with E-state index in [4.69, 9.17) is 23.7 Å². The molecule has 6 heteroatoms. The molecule has 5 rings (SSSR count). The van der Waals surface area contributed by atoms with Crippen molar-refractivity contribution >= 4 is 10.8 Å². The molecule has 0 radical (unpaired) electrons. The molecule has 1 aromatic heterocycles. The lowest BCUT2D eigenvalue weighted by atomic mass is 10.0. The number of methoxy groups -OCH3 is 2. The molecule has 0 atom stereocenters. The second kappa shape index (κ2) is 8.07. The first-order chi connectivity index (χ1) is 15.3. The van der Waals surface area contributed by atoms with E-state index in [9.17, 15) is 0 Å². The molecular formula is C25H21NO5. The maximum atomic E-state index is 6.07. The number of pyridine rings is 1. The molecule has 0 fully saturated rings. The van der Waals surface area contributed by atoms with E-state index >= 15 is 0 Å². The fourth-order valence-corrected chi connectivity index (χ4v) is 3.68. The molecule has 6 nitrogen and oxygen atoms in total. The van der Waals surface area contributed by atoms with Crippen LogP contribution in [-0.4, -0.2) is 26.0 Å². The van der Waals surface area contributed by atoms with Gasteiger partial charge in [0.05, 0.1) is 19.9 Å². The summed E-state index contributed by atoms with van der Waals surface area (Å²) in [5.41, 5.74) is 2.70. The number of benzene rings is 3. The lowest BCUT2D eigenvalue weighted by Crippen LogP contribution is -2.01. The molecule has 3 aromatic carbocycles. The van der Waals surface area contributed by atoms with Crippen LogP contribution in [0.1, 0.15) is 5.56 Å². The third kappa shape index (κ3) is 3.57. The molecule has 31 heavy (non-hydrogen) atoms. The Bertz CT molecular complexity index is 1210. The van der Waals surface area contributed by atoms with E-state index < -0.39 is 0 Å². The topological polar surface area (TPSA) is 59.0 Å². The van der Waals surface area contributed by atoms with Crippen LogP contribution in [0.2, 0.25) is 0 Å². The zero-order valence-electron chi connectivity index (χ0n) is 17.3. The summed E-state index contributed by atoms with van der Waals surface area (Å²) in [5.74, 6) is 3.15. The predicted octanol–water partition coefficient (Wildman–Crippen LogP) is 5.23. The van der Waals surface area contributed by atoms with Crippen LogP contribution >= 0.6 is 0 Å². The molecule has 156 valence electrons. The van der Waals surface area contributed by atoms with Crippen molar-refractivity contribution in [2.24, 2.45) is 0 Å². The molecule has 0 amide bonds. The quantitative estimate of drug-likeness (QED) is 0.430. The highest BCUT2D eigenvalue weighted by molar-refractivity contribution is 5.97. The van der Waals surface area contributed by atoms with E-state index in [-0.39, 0.29) is 6.79 Å². The Labute approximate surface area is 179 Å². The summed E-state index contributed by atoms with van der Waals surface area (Å²) in [6.07, 6.45) is 1.78. The molecule has 0 aliphatic carbocycles. The van der Waals surface area contributed by atoms with Gasteiger partial charge in [0.25, 0.3) is 0 Å². The van der Waals surface area contributed by atoms with Crippen LogP contribution in [0.25, 0.3) is 22.0 Å². The van der Waals surface area contributed by atoms with Crippen LogP contribution in [0, 0.1) is 0 Å². The van der Waals surface area contributed by atoms with Gasteiger partial charge in [0, 0.05) is 17.1 Å². The number of rotatable bonds is 6. The first-order valence-electron chi connectivity index (χ1n) is 9.88. The smallest absolute Gasteiger partial charge is 0.231 e. The van der Waals surface area contributed by atoms with Gasteiger partial charge in [0.1, 0.15) is 6.61 Å². The van der Waals surface area contributed by atoms with Crippen LogP contribution < -0.4 is 23.7 Å². The molecule has 0 N–H and O–H groups in total. The molecule has 0 spiro atoms. The van der Waals surface area contributed by atoms with Gasteiger partial charge in [-0.2, -0.15) is 0 Å². The summed E-state index contributed by atoms with van der Waals surface area (Å²) in [7, 11) is 3.23. The maximum Gasteiger partial charge on any atom is 0.231 e.